The van der Waals surface area contributed by atoms with Crippen molar-refractivity contribution in [3.63, 3.8) is 0 Å². The minimum Gasteiger partial charge on any atom is -0.506 e. The van der Waals surface area contributed by atoms with Crippen molar-refractivity contribution in [1.29, 1.82) is 0 Å². The van der Waals surface area contributed by atoms with Crippen LogP contribution in [0.1, 0.15) is 26.3 Å². The first-order chi connectivity index (χ1) is 15.8. The van der Waals surface area contributed by atoms with E-state index in [1.54, 1.807) is 30.3 Å². The van der Waals surface area contributed by atoms with E-state index in [1.807, 2.05) is 0 Å². The molecule has 1 N–H and O–H groups in total. The molecule has 174 valence electrons. The number of benzene rings is 3. The molecule has 33 heavy (non-hydrogen) atoms. The van der Waals surface area contributed by atoms with Crippen molar-refractivity contribution in [3.8, 4) is 28.4 Å². The smallest absolute Gasteiger partial charge is 0.342 e. The molecule has 0 saturated carbocycles. The van der Waals surface area contributed by atoms with E-state index in [0.29, 0.717) is 28.0 Å². The Kier molecular flexibility index (Phi) is 7.30. The zero-order chi connectivity index (χ0) is 24.3. The lowest BCUT2D eigenvalue weighted by Gasteiger charge is -2.22. The molecule has 0 saturated heterocycles. The fourth-order valence-corrected chi connectivity index (χ4v) is 4.08. The normalized spacial score (nSPS) is 10.7. The van der Waals surface area contributed by atoms with E-state index in [-0.39, 0.29) is 33.7 Å². The average molecular weight is 475 g/mol. The Morgan fingerprint density at radius 2 is 1.58 bits per heavy atom. The molecule has 3 aromatic rings. The molecule has 0 amide bonds. The summed E-state index contributed by atoms with van der Waals surface area (Å²) < 4.78 is 26.3. The number of aromatic hydroxyl groups is 1. The van der Waals surface area contributed by atoms with Gasteiger partial charge in [0, 0.05) is 40.1 Å². The van der Waals surface area contributed by atoms with Gasteiger partial charge in [-0.2, -0.15) is 0 Å². The quantitative estimate of drug-likeness (QED) is 0.496. The molecule has 0 radical (unpaired) electrons. The lowest BCUT2D eigenvalue weighted by molar-refractivity contribution is 0.0553. The second-order valence-electron chi connectivity index (χ2n) is 6.92. The molecule has 0 fully saturated rings. The number of hydrogen-bond acceptors (Lipinski definition) is 8. The molecule has 8 nitrogen and oxygen atoms in total. The van der Waals surface area contributed by atoms with E-state index < -0.39 is 17.7 Å². The predicted molar refractivity (Wildman–Crippen MR) is 123 cm³/mol. The van der Waals surface area contributed by atoms with Gasteiger partial charge in [-0.1, -0.05) is 23.7 Å². The summed E-state index contributed by atoms with van der Waals surface area (Å²) in [6.45, 7) is 0.115. The van der Waals surface area contributed by atoms with Crippen LogP contribution < -0.4 is 9.47 Å². The highest BCUT2D eigenvalue weighted by Crippen LogP contribution is 2.48. The SMILES string of the molecule is COCc1cc(OC)cc(OC)c1-c1c(C(=O)OC)c(C(=O)OC)c(O)c2cccc(Cl)c12. The molecule has 3 rings (SSSR count). The van der Waals surface area contributed by atoms with Crippen LogP contribution in [0.4, 0.5) is 0 Å². The van der Waals surface area contributed by atoms with Gasteiger partial charge in [0.15, 0.2) is 0 Å². The Morgan fingerprint density at radius 1 is 0.909 bits per heavy atom. The van der Waals surface area contributed by atoms with Crippen LogP contribution in [0.2, 0.25) is 5.02 Å². The summed E-state index contributed by atoms with van der Waals surface area (Å²) in [7, 11) is 6.79. The van der Waals surface area contributed by atoms with Crippen molar-refractivity contribution in [3.05, 3.63) is 52.0 Å². The van der Waals surface area contributed by atoms with Crippen molar-refractivity contribution < 1.29 is 38.4 Å². The molecular weight excluding hydrogens is 452 g/mol. The van der Waals surface area contributed by atoms with Gasteiger partial charge in [-0.05, 0) is 17.7 Å². The molecule has 0 bridgehead atoms. The minimum atomic E-state index is -0.920. The number of phenolic OH excluding ortho intramolecular Hbond substituents is 1. The highest BCUT2D eigenvalue weighted by atomic mass is 35.5. The van der Waals surface area contributed by atoms with E-state index in [2.05, 4.69) is 0 Å². The lowest BCUT2D eigenvalue weighted by Crippen LogP contribution is -2.15. The average Bonchev–Trinajstić information content (AvgIpc) is 2.83. The van der Waals surface area contributed by atoms with E-state index in [4.69, 9.17) is 35.3 Å². The van der Waals surface area contributed by atoms with Crippen molar-refractivity contribution in [2.45, 2.75) is 6.61 Å². The third-order valence-corrected chi connectivity index (χ3v) is 5.51. The van der Waals surface area contributed by atoms with Crippen LogP contribution in [0.25, 0.3) is 21.9 Å². The van der Waals surface area contributed by atoms with Crippen LogP contribution in [0.3, 0.4) is 0 Å². The van der Waals surface area contributed by atoms with Crippen LogP contribution >= 0.6 is 11.6 Å². The lowest BCUT2D eigenvalue weighted by atomic mass is 9.86. The molecule has 0 atom stereocenters. The van der Waals surface area contributed by atoms with Crippen molar-refractivity contribution >= 4 is 34.3 Å². The number of esters is 2. The predicted octanol–water partition coefficient (Wildman–Crippen LogP) is 4.60. The molecule has 0 aliphatic heterocycles. The van der Waals surface area contributed by atoms with Crippen LogP contribution in [-0.4, -0.2) is 52.6 Å². The Morgan fingerprint density at radius 3 is 2.15 bits per heavy atom. The third-order valence-electron chi connectivity index (χ3n) is 5.20. The van der Waals surface area contributed by atoms with Gasteiger partial charge in [0.25, 0.3) is 0 Å². The number of hydrogen-bond donors (Lipinski definition) is 1. The Bertz CT molecular complexity index is 1240. The number of phenols is 1. The molecule has 0 unspecified atom stereocenters. The second-order valence-corrected chi connectivity index (χ2v) is 7.32. The van der Waals surface area contributed by atoms with Crippen LogP contribution in [0.5, 0.6) is 17.2 Å². The Labute approximate surface area is 195 Å². The van der Waals surface area contributed by atoms with Crippen molar-refractivity contribution in [2.24, 2.45) is 0 Å². The summed E-state index contributed by atoms with van der Waals surface area (Å²) in [4.78, 5) is 25.8. The zero-order valence-corrected chi connectivity index (χ0v) is 19.5. The number of halogens is 1. The van der Waals surface area contributed by atoms with Crippen LogP contribution in [0, 0.1) is 0 Å². The van der Waals surface area contributed by atoms with Gasteiger partial charge in [-0.25, -0.2) is 9.59 Å². The summed E-state index contributed by atoms with van der Waals surface area (Å²) in [6, 6.07) is 8.16. The minimum absolute atomic E-state index is 0.115. The number of fused-ring (bicyclic) bond motifs is 1. The summed E-state index contributed by atoms with van der Waals surface area (Å²) in [5.74, 6) is -1.43. The molecule has 3 aromatic carbocycles. The van der Waals surface area contributed by atoms with Gasteiger partial charge in [0.2, 0.25) is 0 Å². The monoisotopic (exact) mass is 474 g/mol. The summed E-state index contributed by atoms with van der Waals surface area (Å²) in [5.41, 5.74) is 0.663. The van der Waals surface area contributed by atoms with Crippen molar-refractivity contribution in [1.82, 2.24) is 0 Å². The number of methoxy groups -OCH3 is 5. The van der Waals surface area contributed by atoms with E-state index >= 15 is 0 Å². The van der Waals surface area contributed by atoms with Crippen LogP contribution in [-0.2, 0) is 20.8 Å². The fourth-order valence-electron chi connectivity index (χ4n) is 3.81. The summed E-state index contributed by atoms with van der Waals surface area (Å²) in [5, 5.41) is 11.8. The third kappa shape index (κ3) is 4.15. The number of carbonyl (C=O) groups is 2. The summed E-state index contributed by atoms with van der Waals surface area (Å²) >= 11 is 6.58. The van der Waals surface area contributed by atoms with E-state index in [0.717, 1.165) is 7.11 Å². The molecule has 0 aromatic heterocycles. The Balaban J connectivity index is 2.70. The van der Waals surface area contributed by atoms with Gasteiger partial charge >= 0.3 is 11.9 Å². The first kappa shape index (κ1) is 24.2. The zero-order valence-electron chi connectivity index (χ0n) is 18.8. The molecule has 0 heterocycles. The van der Waals surface area contributed by atoms with E-state index in [1.165, 1.54) is 28.4 Å². The first-order valence-electron chi connectivity index (χ1n) is 9.72. The number of rotatable bonds is 7. The van der Waals surface area contributed by atoms with Gasteiger partial charge in [-0.3, -0.25) is 0 Å². The number of carbonyl (C=O) groups excluding carboxylic acids is 2. The second kappa shape index (κ2) is 9.97. The standard InChI is InChI=1S/C24H23ClO8/c1-29-11-12-9-13(30-2)10-16(31-3)17(12)19-18-14(7-6-8-15(18)25)22(26)21(24(28)33-5)20(19)23(27)32-4/h6-10,26H,11H2,1-5H3. The molecule has 0 spiro atoms. The highest BCUT2D eigenvalue weighted by molar-refractivity contribution is 6.38. The maximum atomic E-state index is 13.1. The topological polar surface area (TPSA) is 101 Å². The maximum absolute atomic E-state index is 13.1. The molecule has 0 aliphatic rings. The molecule has 9 heteroatoms. The van der Waals surface area contributed by atoms with Gasteiger partial charge in [0.1, 0.15) is 22.8 Å². The van der Waals surface area contributed by atoms with Gasteiger partial charge in [-0.15, -0.1) is 0 Å². The van der Waals surface area contributed by atoms with Crippen LogP contribution in [0.15, 0.2) is 30.3 Å². The van der Waals surface area contributed by atoms with E-state index in [9.17, 15) is 14.7 Å². The fraction of sp³-hybridized carbons (Fsp3) is 0.250. The van der Waals surface area contributed by atoms with Gasteiger partial charge in [0.05, 0.1) is 40.6 Å². The Hall–Kier alpha value is -3.49. The van der Waals surface area contributed by atoms with Gasteiger partial charge < -0.3 is 28.8 Å². The first-order valence-corrected chi connectivity index (χ1v) is 10.1. The van der Waals surface area contributed by atoms with Crippen molar-refractivity contribution in [2.75, 3.05) is 35.5 Å². The maximum Gasteiger partial charge on any atom is 0.342 e. The molecular formula is C24H23ClO8. The molecule has 0 aliphatic carbocycles. The largest absolute Gasteiger partial charge is 0.506 e. The number of ether oxygens (including phenoxy) is 5. The summed E-state index contributed by atoms with van der Waals surface area (Å²) in [6.07, 6.45) is 0. The highest BCUT2D eigenvalue weighted by Gasteiger charge is 2.33.